The fraction of sp³-hybridized carbons (Fsp3) is 0.148. The molecule has 0 saturated carbocycles. The summed E-state index contributed by atoms with van der Waals surface area (Å²) in [7, 11) is 0. The maximum atomic E-state index is 13.8. The number of halogens is 1. The summed E-state index contributed by atoms with van der Waals surface area (Å²) in [5, 5.41) is 7.20. The number of amides is 2. The van der Waals surface area contributed by atoms with Crippen LogP contribution in [0.1, 0.15) is 35.5 Å². The molecule has 5 rings (SSSR count). The fourth-order valence-corrected chi connectivity index (χ4v) is 4.18. The van der Waals surface area contributed by atoms with Crippen molar-refractivity contribution in [2.75, 3.05) is 4.90 Å². The second-order valence-corrected chi connectivity index (χ2v) is 8.33. The number of aryl methyl sites for hydroxylation is 2. The van der Waals surface area contributed by atoms with Crippen molar-refractivity contribution in [2.24, 2.45) is 0 Å². The van der Waals surface area contributed by atoms with Crippen molar-refractivity contribution in [1.82, 2.24) is 15.5 Å². The van der Waals surface area contributed by atoms with Gasteiger partial charge < -0.3 is 9.84 Å². The highest BCUT2D eigenvalue weighted by Crippen LogP contribution is 2.39. The van der Waals surface area contributed by atoms with E-state index in [4.69, 9.17) is 4.52 Å². The number of rotatable bonds is 4. The van der Waals surface area contributed by atoms with Gasteiger partial charge >= 0.3 is 6.03 Å². The van der Waals surface area contributed by atoms with E-state index in [0.717, 1.165) is 22.4 Å². The first-order valence-electron chi connectivity index (χ1n) is 11.0. The van der Waals surface area contributed by atoms with Gasteiger partial charge in [0.1, 0.15) is 5.82 Å². The van der Waals surface area contributed by atoms with E-state index < -0.39 is 6.04 Å². The second kappa shape index (κ2) is 8.59. The molecular formula is C27H23FN4O2. The smallest absolute Gasteiger partial charge is 0.326 e. The number of anilines is 1. The third-order valence-electron chi connectivity index (χ3n) is 6.10. The minimum Gasteiger partial charge on any atom is -0.334 e. The molecule has 0 bridgehead atoms. The zero-order valence-corrected chi connectivity index (χ0v) is 19.0. The first-order valence-corrected chi connectivity index (χ1v) is 11.0. The van der Waals surface area contributed by atoms with Crippen LogP contribution in [0.25, 0.3) is 17.0 Å². The highest BCUT2D eigenvalue weighted by molar-refractivity contribution is 6.01. The lowest BCUT2D eigenvalue weighted by molar-refractivity contribution is 0.244. The molecule has 2 amide bonds. The highest BCUT2D eigenvalue weighted by Gasteiger charge is 2.36. The number of nitrogens with zero attached hydrogens (tertiary/aromatic N) is 3. The summed E-state index contributed by atoms with van der Waals surface area (Å²) < 4.78 is 19.4. The summed E-state index contributed by atoms with van der Waals surface area (Å²) in [6.07, 6.45) is 0. The molecular weight excluding hydrogens is 431 g/mol. The van der Waals surface area contributed by atoms with Gasteiger partial charge in [-0.2, -0.15) is 4.98 Å². The van der Waals surface area contributed by atoms with Crippen LogP contribution in [0.15, 0.2) is 83.0 Å². The van der Waals surface area contributed by atoms with Gasteiger partial charge in [-0.3, -0.25) is 4.90 Å². The number of allylic oxidation sites excluding steroid dienone is 1. The van der Waals surface area contributed by atoms with E-state index in [9.17, 15) is 9.18 Å². The zero-order chi connectivity index (χ0) is 23.8. The molecule has 2 heterocycles. The molecule has 1 atom stereocenters. The molecule has 34 heavy (non-hydrogen) atoms. The van der Waals surface area contributed by atoms with E-state index in [1.807, 2.05) is 63.2 Å². The number of para-hydroxylation sites is 1. The topological polar surface area (TPSA) is 71.3 Å². The van der Waals surface area contributed by atoms with Crippen LogP contribution < -0.4 is 10.2 Å². The lowest BCUT2D eigenvalue weighted by Gasteiger charge is -2.35. The van der Waals surface area contributed by atoms with E-state index in [2.05, 4.69) is 21.5 Å². The highest BCUT2D eigenvalue weighted by atomic mass is 19.1. The van der Waals surface area contributed by atoms with Gasteiger partial charge in [-0.25, -0.2) is 9.18 Å². The van der Waals surface area contributed by atoms with Crippen LogP contribution in [0, 0.1) is 19.7 Å². The van der Waals surface area contributed by atoms with E-state index in [0.29, 0.717) is 16.8 Å². The predicted octanol–water partition coefficient (Wildman–Crippen LogP) is 6.19. The number of carbonyl (C=O) groups excluding carboxylic acids is 1. The molecule has 0 saturated heterocycles. The zero-order valence-electron chi connectivity index (χ0n) is 19.0. The molecule has 0 spiro atoms. The standard InChI is InChI=1S/C27H23FN4O2/c1-16-12-13-19(14-17(16)2)24-23(18(3)32(27(33)29-24)22-10-5-4-6-11-22)26-30-25(31-34-26)20-8-7-9-21(28)15-20/h4-15,24H,1-3H3,(H,29,33). The van der Waals surface area contributed by atoms with Crippen molar-refractivity contribution in [3.8, 4) is 11.4 Å². The van der Waals surface area contributed by atoms with Crippen LogP contribution in [-0.4, -0.2) is 16.2 Å². The molecule has 0 fully saturated rings. The van der Waals surface area contributed by atoms with Crippen molar-refractivity contribution >= 4 is 17.3 Å². The summed E-state index contributed by atoms with van der Waals surface area (Å²) in [5.41, 5.74) is 5.76. The Kier molecular flexibility index (Phi) is 5.45. The van der Waals surface area contributed by atoms with Gasteiger partial charge in [-0.05, 0) is 61.7 Å². The fourth-order valence-electron chi connectivity index (χ4n) is 4.18. The van der Waals surface area contributed by atoms with Gasteiger partial charge in [0.15, 0.2) is 0 Å². The third-order valence-corrected chi connectivity index (χ3v) is 6.10. The molecule has 4 aromatic rings. The molecule has 1 aliphatic rings. The Morgan fingerprint density at radius 3 is 2.47 bits per heavy atom. The number of aromatic nitrogens is 2. The minimum absolute atomic E-state index is 0.249. The minimum atomic E-state index is -0.493. The van der Waals surface area contributed by atoms with Gasteiger partial charge in [-0.15, -0.1) is 0 Å². The number of benzene rings is 3. The summed E-state index contributed by atoms with van der Waals surface area (Å²) in [6.45, 7) is 5.94. The Morgan fingerprint density at radius 1 is 0.941 bits per heavy atom. The maximum Gasteiger partial charge on any atom is 0.326 e. The molecule has 3 aromatic carbocycles. The second-order valence-electron chi connectivity index (χ2n) is 8.33. The monoisotopic (exact) mass is 454 g/mol. The van der Waals surface area contributed by atoms with Crippen molar-refractivity contribution in [1.29, 1.82) is 0 Å². The van der Waals surface area contributed by atoms with E-state index in [1.165, 1.54) is 12.1 Å². The molecule has 1 N–H and O–H groups in total. The van der Waals surface area contributed by atoms with E-state index >= 15 is 0 Å². The molecule has 1 aromatic heterocycles. The van der Waals surface area contributed by atoms with Crippen LogP contribution in [0.3, 0.4) is 0 Å². The summed E-state index contributed by atoms with van der Waals surface area (Å²) in [4.78, 5) is 19.4. The average Bonchev–Trinajstić information content (AvgIpc) is 3.31. The van der Waals surface area contributed by atoms with Gasteiger partial charge in [-0.1, -0.05) is 53.7 Å². The van der Waals surface area contributed by atoms with E-state index in [1.54, 1.807) is 17.0 Å². The van der Waals surface area contributed by atoms with Crippen LogP contribution >= 0.6 is 0 Å². The van der Waals surface area contributed by atoms with Crippen molar-refractivity contribution in [3.63, 3.8) is 0 Å². The SMILES string of the molecule is CC1=C(c2nc(-c3cccc(F)c3)no2)C(c2ccc(C)c(C)c2)NC(=O)N1c1ccccc1. The van der Waals surface area contributed by atoms with Crippen LogP contribution in [-0.2, 0) is 0 Å². The molecule has 0 radical (unpaired) electrons. The summed E-state index contributed by atoms with van der Waals surface area (Å²) >= 11 is 0. The molecule has 7 heteroatoms. The quantitative estimate of drug-likeness (QED) is 0.399. The van der Waals surface area contributed by atoms with Gasteiger partial charge in [0, 0.05) is 11.3 Å². The van der Waals surface area contributed by atoms with E-state index in [-0.39, 0.29) is 23.6 Å². The maximum absolute atomic E-state index is 13.8. The van der Waals surface area contributed by atoms with Crippen molar-refractivity contribution in [3.05, 3.63) is 107 Å². The number of urea groups is 1. The van der Waals surface area contributed by atoms with Crippen LogP contribution in [0.4, 0.5) is 14.9 Å². The summed E-state index contributed by atoms with van der Waals surface area (Å²) in [5.74, 6) is 0.158. The van der Waals surface area contributed by atoms with Gasteiger partial charge in [0.25, 0.3) is 5.89 Å². The van der Waals surface area contributed by atoms with Crippen molar-refractivity contribution < 1.29 is 13.7 Å². The first kappa shape index (κ1) is 21.6. The molecule has 170 valence electrons. The van der Waals surface area contributed by atoms with Gasteiger partial charge in [0.2, 0.25) is 5.82 Å². The normalized spacial score (nSPS) is 16.1. The van der Waals surface area contributed by atoms with Gasteiger partial charge in [0.05, 0.1) is 17.3 Å². The number of hydrogen-bond donors (Lipinski definition) is 1. The molecule has 6 nitrogen and oxygen atoms in total. The summed E-state index contributed by atoms with van der Waals surface area (Å²) in [6, 6.07) is 20.7. The molecule has 1 aliphatic heterocycles. The Labute approximate surface area is 196 Å². The third kappa shape index (κ3) is 3.85. The van der Waals surface area contributed by atoms with Crippen LogP contribution in [0.2, 0.25) is 0 Å². The average molecular weight is 455 g/mol. The Bertz CT molecular complexity index is 1410. The van der Waals surface area contributed by atoms with Crippen LogP contribution in [0.5, 0.6) is 0 Å². The lowest BCUT2D eigenvalue weighted by Crippen LogP contribution is -2.46. The Balaban J connectivity index is 1.67. The Hall–Kier alpha value is -4.26. The Morgan fingerprint density at radius 2 is 1.74 bits per heavy atom. The lowest BCUT2D eigenvalue weighted by atomic mass is 9.92. The number of nitrogens with one attached hydrogen (secondary N) is 1. The number of carbonyl (C=O) groups is 1. The molecule has 0 aliphatic carbocycles. The number of hydrogen-bond acceptors (Lipinski definition) is 4. The first-order chi connectivity index (χ1) is 16.4. The van der Waals surface area contributed by atoms with Crippen molar-refractivity contribution in [2.45, 2.75) is 26.8 Å². The largest absolute Gasteiger partial charge is 0.334 e. The molecule has 1 unspecified atom stereocenters. The predicted molar refractivity (Wildman–Crippen MR) is 128 cm³/mol.